The number of para-hydroxylation sites is 1. The molecular weight excluding hydrogens is 480 g/mol. The summed E-state index contributed by atoms with van der Waals surface area (Å²) in [6.07, 6.45) is 4.64. The summed E-state index contributed by atoms with van der Waals surface area (Å²) in [5.41, 5.74) is 4.90. The minimum atomic E-state index is -0.556. The van der Waals surface area contributed by atoms with Gasteiger partial charge in [0.2, 0.25) is 0 Å². The number of benzene rings is 3. The van der Waals surface area contributed by atoms with Crippen molar-refractivity contribution in [2.75, 3.05) is 18.0 Å². The molecular formula is C25H28Cl2NOPTi. The Morgan fingerprint density at radius 1 is 0.903 bits per heavy atom. The summed E-state index contributed by atoms with van der Waals surface area (Å²) >= 11 is -0.556. The van der Waals surface area contributed by atoms with Crippen LogP contribution in [0.15, 0.2) is 66.7 Å². The third kappa shape index (κ3) is 6.98. The van der Waals surface area contributed by atoms with Gasteiger partial charge >= 0.3 is 35.6 Å². The van der Waals surface area contributed by atoms with Crippen molar-refractivity contribution in [3.05, 3.63) is 83.4 Å². The molecule has 1 fully saturated rings. The second kappa shape index (κ2) is 12.9. The number of nitrogens with zero attached hydrogens (tertiary/aromatic N) is 1. The Morgan fingerprint density at radius 2 is 1.58 bits per heavy atom. The molecule has 0 aliphatic carbocycles. The van der Waals surface area contributed by atoms with Crippen LogP contribution in [0.5, 0.6) is 5.75 Å². The molecule has 6 heteroatoms. The van der Waals surface area contributed by atoms with Gasteiger partial charge in [0.05, 0.1) is 0 Å². The third-order valence-electron chi connectivity index (χ3n) is 5.56. The van der Waals surface area contributed by atoms with Gasteiger partial charge in [-0.15, -0.1) is 0 Å². The summed E-state index contributed by atoms with van der Waals surface area (Å²) in [5, 5.41) is 13.4. The van der Waals surface area contributed by atoms with Crippen molar-refractivity contribution < 1.29 is 22.1 Å². The molecule has 1 saturated heterocycles. The van der Waals surface area contributed by atoms with Gasteiger partial charge in [0.15, 0.2) is 0 Å². The average molecular weight is 508 g/mol. The molecule has 1 atom stereocenters. The Hall–Kier alpha value is -1.02. The molecule has 1 unspecified atom stereocenters. The van der Waals surface area contributed by atoms with Crippen LogP contribution < -0.4 is 15.5 Å². The number of halogens is 2. The number of rotatable bonds is 5. The van der Waals surface area contributed by atoms with E-state index in [0.29, 0.717) is 14.3 Å². The van der Waals surface area contributed by atoms with Gasteiger partial charge in [-0.2, -0.15) is 0 Å². The number of hydrogen-bond acceptors (Lipinski definition) is 2. The number of anilines is 1. The van der Waals surface area contributed by atoms with Crippen LogP contribution >= 0.6 is 27.2 Å². The molecule has 0 bridgehead atoms. The number of phenols is 1. The molecule has 4 rings (SSSR count). The van der Waals surface area contributed by atoms with Gasteiger partial charge in [0.1, 0.15) is 5.75 Å². The second-order valence-corrected chi connectivity index (χ2v) is 11.6. The molecule has 0 saturated carbocycles. The topological polar surface area (TPSA) is 23.5 Å². The second-order valence-electron chi connectivity index (χ2n) is 7.69. The van der Waals surface area contributed by atoms with Crippen molar-refractivity contribution >= 4 is 43.5 Å². The Bertz CT molecular complexity index is 965. The van der Waals surface area contributed by atoms with E-state index < -0.39 is 17.0 Å². The third-order valence-corrected chi connectivity index (χ3v) is 7.14. The molecule has 1 aliphatic rings. The first-order valence-corrected chi connectivity index (χ1v) is 15.9. The zero-order chi connectivity index (χ0) is 22.1. The summed E-state index contributed by atoms with van der Waals surface area (Å²) in [7, 11) is 10.2. The molecule has 1 aliphatic heterocycles. The van der Waals surface area contributed by atoms with Crippen LogP contribution in [0.4, 0.5) is 5.69 Å². The average Bonchev–Trinajstić information content (AvgIpc) is 2.79. The van der Waals surface area contributed by atoms with E-state index in [1.165, 1.54) is 41.4 Å². The first-order chi connectivity index (χ1) is 15.1. The standard InChI is InChI=1S/C25H28NOP.2ClH.Ti/c1-19-10-8-14-22(26-16-6-3-7-17-26)25(19)28-23-15-9-13-21(24(23)27)18-20-11-4-2-5-12-20;;;/h2,4-5,8-15,27-28H,3,6-7,16-18H2,1H3;2*1H;/q;;;+2/p-2. The van der Waals surface area contributed by atoms with Gasteiger partial charge in [-0.1, -0.05) is 69.2 Å². The van der Waals surface area contributed by atoms with E-state index >= 15 is 0 Å². The zero-order valence-electron chi connectivity index (χ0n) is 17.7. The molecule has 2 nitrogen and oxygen atoms in total. The maximum atomic E-state index is 11.0. The predicted molar refractivity (Wildman–Crippen MR) is 134 cm³/mol. The number of piperidine rings is 1. The van der Waals surface area contributed by atoms with Gasteiger partial charge in [-0.25, -0.2) is 0 Å². The monoisotopic (exact) mass is 507 g/mol. The number of phenolic OH excluding ortho intramolecular Hbond substituents is 1. The first kappa shape index (κ1) is 24.6. The van der Waals surface area contributed by atoms with Gasteiger partial charge in [-0.05, 0) is 48.9 Å². The summed E-state index contributed by atoms with van der Waals surface area (Å²) in [6.45, 7) is 4.47. The van der Waals surface area contributed by atoms with E-state index in [9.17, 15) is 5.11 Å². The minimum absolute atomic E-state index is 0.456. The van der Waals surface area contributed by atoms with Crippen LogP contribution in [-0.2, 0) is 23.5 Å². The van der Waals surface area contributed by atoms with E-state index in [2.05, 4.69) is 66.4 Å². The number of aryl methyl sites for hydroxylation is 1. The fraction of sp³-hybridized carbons (Fsp3) is 0.280. The van der Waals surface area contributed by atoms with Crippen LogP contribution in [0.3, 0.4) is 0 Å². The van der Waals surface area contributed by atoms with E-state index in [1.807, 2.05) is 12.1 Å². The molecule has 3 aromatic rings. The van der Waals surface area contributed by atoms with Gasteiger partial charge in [0, 0.05) is 35.8 Å². The molecule has 0 amide bonds. The van der Waals surface area contributed by atoms with Crippen molar-refractivity contribution in [2.24, 2.45) is 0 Å². The normalized spacial score (nSPS) is 13.7. The van der Waals surface area contributed by atoms with E-state index in [0.717, 1.165) is 30.4 Å². The van der Waals surface area contributed by atoms with Crippen LogP contribution in [0.2, 0.25) is 0 Å². The van der Waals surface area contributed by atoms with Crippen LogP contribution in [0.1, 0.15) is 36.0 Å². The van der Waals surface area contributed by atoms with Gasteiger partial charge < -0.3 is 10.0 Å². The SMILES string of the molecule is Cc1cccc(N2CCCCC2)c1Pc1cccc(Cc2ccccc2)c1O.[Cl][Ti][Cl]. The fourth-order valence-corrected chi connectivity index (χ4v) is 5.38. The quantitative estimate of drug-likeness (QED) is 0.324. The number of hydrogen-bond donors (Lipinski definition) is 1. The Morgan fingerprint density at radius 3 is 2.29 bits per heavy atom. The predicted octanol–water partition coefficient (Wildman–Crippen LogP) is 6.29. The van der Waals surface area contributed by atoms with E-state index in [1.54, 1.807) is 0 Å². The number of aromatic hydroxyl groups is 1. The molecule has 0 radical (unpaired) electrons. The van der Waals surface area contributed by atoms with E-state index in [4.69, 9.17) is 18.6 Å². The molecule has 31 heavy (non-hydrogen) atoms. The Labute approximate surface area is 204 Å². The van der Waals surface area contributed by atoms with Gasteiger partial charge in [0.25, 0.3) is 0 Å². The molecule has 0 spiro atoms. The Kier molecular flexibility index (Phi) is 10.2. The molecule has 1 N–H and O–H groups in total. The van der Waals surface area contributed by atoms with Crippen molar-refractivity contribution in [2.45, 2.75) is 32.6 Å². The Balaban J connectivity index is 0.000000858. The molecule has 1 heterocycles. The van der Waals surface area contributed by atoms with Crippen molar-refractivity contribution in [1.29, 1.82) is 0 Å². The van der Waals surface area contributed by atoms with Crippen molar-refractivity contribution in [1.82, 2.24) is 0 Å². The summed E-state index contributed by atoms with van der Waals surface area (Å²) in [6, 6.07) is 23.2. The first-order valence-electron chi connectivity index (χ1n) is 10.6. The molecule has 0 aromatic heterocycles. The van der Waals surface area contributed by atoms with Crippen molar-refractivity contribution in [3.63, 3.8) is 0 Å². The van der Waals surface area contributed by atoms with Gasteiger partial charge in [-0.3, -0.25) is 0 Å². The molecule has 162 valence electrons. The summed E-state index contributed by atoms with van der Waals surface area (Å²) in [5.74, 6) is 0.456. The van der Waals surface area contributed by atoms with Crippen LogP contribution in [-0.4, -0.2) is 18.2 Å². The molecule has 3 aromatic carbocycles. The maximum absolute atomic E-state index is 11.0. The summed E-state index contributed by atoms with van der Waals surface area (Å²) < 4.78 is 0. The van der Waals surface area contributed by atoms with Crippen LogP contribution in [0, 0.1) is 6.92 Å². The van der Waals surface area contributed by atoms with Crippen LogP contribution in [0.25, 0.3) is 0 Å². The fourth-order valence-electron chi connectivity index (χ4n) is 4.00. The zero-order valence-corrected chi connectivity index (χ0v) is 21.8. The summed E-state index contributed by atoms with van der Waals surface area (Å²) in [4.78, 5) is 2.53. The van der Waals surface area contributed by atoms with Crippen molar-refractivity contribution in [3.8, 4) is 5.75 Å². The van der Waals surface area contributed by atoms with E-state index in [-0.39, 0.29) is 0 Å².